The number of aromatic nitrogens is 2. The summed E-state index contributed by atoms with van der Waals surface area (Å²) >= 11 is 0. The summed E-state index contributed by atoms with van der Waals surface area (Å²) < 4.78 is 11.3. The monoisotopic (exact) mass is 452 g/mol. The molecule has 0 saturated carbocycles. The number of nitrogens with one attached hydrogen (secondary N) is 2. The zero-order valence-electron chi connectivity index (χ0n) is 19.7. The van der Waals surface area contributed by atoms with Crippen molar-refractivity contribution in [2.24, 2.45) is 0 Å². The van der Waals surface area contributed by atoms with Crippen LogP contribution in [0.1, 0.15) is 72.6 Å². The van der Waals surface area contributed by atoms with Crippen molar-refractivity contribution in [1.29, 1.82) is 0 Å². The minimum absolute atomic E-state index is 0.00487. The maximum atomic E-state index is 12.6. The number of nitrogens with zero attached hydrogens (tertiary/aromatic N) is 2. The largest absolute Gasteiger partial charge is 0.467 e. The van der Waals surface area contributed by atoms with Gasteiger partial charge in [0.15, 0.2) is 0 Å². The van der Waals surface area contributed by atoms with Gasteiger partial charge in [-0.2, -0.15) is 0 Å². The minimum atomic E-state index is -1.05. The fraction of sp³-hybridized carbons (Fsp3) is 0.682. The van der Waals surface area contributed by atoms with Crippen LogP contribution < -0.4 is 10.6 Å². The zero-order valence-corrected chi connectivity index (χ0v) is 19.7. The van der Waals surface area contributed by atoms with Crippen LogP contribution in [-0.4, -0.2) is 58.2 Å². The summed E-state index contributed by atoms with van der Waals surface area (Å²) in [5.41, 5.74) is -0.758. The number of amides is 2. The number of esters is 2. The predicted molar refractivity (Wildman–Crippen MR) is 118 cm³/mol. The van der Waals surface area contributed by atoms with Crippen LogP contribution in [-0.2, 0) is 23.9 Å². The Morgan fingerprint density at radius 3 is 2.25 bits per heavy atom. The molecule has 1 heterocycles. The smallest absolute Gasteiger partial charge is 0.329 e. The van der Waals surface area contributed by atoms with Crippen LogP contribution in [0, 0.1) is 0 Å². The molecule has 0 aliphatic rings. The third-order valence-corrected chi connectivity index (χ3v) is 4.56. The van der Waals surface area contributed by atoms with Gasteiger partial charge in [0, 0.05) is 18.8 Å². The van der Waals surface area contributed by atoms with E-state index in [9.17, 15) is 19.2 Å². The fourth-order valence-corrected chi connectivity index (χ4v) is 2.93. The lowest BCUT2D eigenvalue weighted by atomic mass is 10.1. The summed E-state index contributed by atoms with van der Waals surface area (Å²) in [6.45, 7) is 7.23. The number of hydrogen-bond donors (Lipinski definition) is 2. The van der Waals surface area contributed by atoms with Gasteiger partial charge in [-0.3, -0.25) is 9.36 Å². The van der Waals surface area contributed by atoms with Crippen LogP contribution in [0.25, 0.3) is 0 Å². The molecule has 0 aliphatic carbocycles. The summed E-state index contributed by atoms with van der Waals surface area (Å²) in [5.74, 6) is -1.57. The minimum Gasteiger partial charge on any atom is -0.467 e. The summed E-state index contributed by atoms with van der Waals surface area (Å²) in [7, 11) is 1.28. The Hall–Kier alpha value is -2.91. The van der Waals surface area contributed by atoms with E-state index < -0.39 is 41.6 Å². The average Bonchev–Trinajstić information content (AvgIpc) is 3.26. The molecular formula is C22H36N4O6. The summed E-state index contributed by atoms with van der Waals surface area (Å²) in [6, 6.07) is -2.36. The van der Waals surface area contributed by atoms with Gasteiger partial charge in [0.25, 0.3) is 0 Å². The first-order chi connectivity index (χ1) is 15.1. The predicted octanol–water partition coefficient (Wildman–Crippen LogP) is 2.56. The molecule has 2 atom stereocenters. The summed E-state index contributed by atoms with van der Waals surface area (Å²) in [6.07, 6.45) is 8.43. The van der Waals surface area contributed by atoms with Gasteiger partial charge in [-0.1, -0.05) is 32.6 Å². The molecule has 180 valence electrons. The van der Waals surface area contributed by atoms with E-state index in [1.165, 1.54) is 30.4 Å². The zero-order chi connectivity index (χ0) is 24.1. The van der Waals surface area contributed by atoms with Crippen LogP contribution in [0.4, 0.5) is 4.79 Å². The molecule has 0 bridgehead atoms. The number of ether oxygens (including phenoxy) is 2. The van der Waals surface area contributed by atoms with Crippen LogP contribution >= 0.6 is 0 Å². The molecule has 0 aromatic carbocycles. The molecule has 2 N–H and O–H groups in total. The van der Waals surface area contributed by atoms with Gasteiger partial charge in [0.1, 0.15) is 24.0 Å². The molecule has 0 spiro atoms. The molecule has 0 fully saturated rings. The summed E-state index contributed by atoms with van der Waals surface area (Å²) in [5, 5.41) is 5.25. The van der Waals surface area contributed by atoms with Crippen molar-refractivity contribution in [2.45, 2.75) is 90.3 Å². The molecule has 32 heavy (non-hydrogen) atoms. The summed E-state index contributed by atoms with van der Waals surface area (Å²) in [4.78, 5) is 53.2. The number of hydrogen-bond acceptors (Lipinski definition) is 7. The Balaban J connectivity index is 2.74. The second-order valence-corrected chi connectivity index (χ2v) is 8.54. The fourth-order valence-electron chi connectivity index (χ4n) is 2.93. The van der Waals surface area contributed by atoms with Gasteiger partial charge in [0.05, 0.1) is 7.11 Å². The van der Waals surface area contributed by atoms with E-state index in [0.29, 0.717) is 6.42 Å². The van der Waals surface area contributed by atoms with Crippen molar-refractivity contribution in [3.63, 3.8) is 0 Å². The molecule has 0 unspecified atom stereocenters. The van der Waals surface area contributed by atoms with Crippen molar-refractivity contribution in [3.05, 3.63) is 18.7 Å². The van der Waals surface area contributed by atoms with E-state index in [4.69, 9.17) is 9.47 Å². The molecule has 10 heteroatoms. The van der Waals surface area contributed by atoms with E-state index in [2.05, 4.69) is 22.5 Å². The standard InChI is InChI=1S/C22H36N4O6/c1-6-7-8-9-10-16(19(28)31-5)24-18(27)12-11-17(20(29)32-22(2,3)4)25-21(30)26-14-13-23-15-26/h13-17H,6-12H2,1-5H3,(H,24,27)(H,25,30)/t16-,17-/m0/s1. The lowest BCUT2D eigenvalue weighted by molar-refractivity contribution is -0.157. The number of imidazole rings is 1. The first-order valence-corrected chi connectivity index (χ1v) is 11.0. The number of rotatable bonds is 12. The topological polar surface area (TPSA) is 129 Å². The molecule has 0 radical (unpaired) electrons. The molecule has 0 saturated heterocycles. The van der Waals surface area contributed by atoms with Crippen molar-refractivity contribution >= 4 is 23.9 Å². The maximum absolute atomic E-state index is 12.6. The molecule has 1 aromatic rings. The van der Waals surface area contributed by atoms with Crippen molar-refractivity contribution in [3.8, 4) is 0 Å². The third kappa shape index (κ3) is 10.4. The van der Waals surface area contributed by atoms with E-state index in [0.717, 1.165) is 25.7 Å². The highest BCUT2D eigenvalue weighted by Gasteiger charge is 2.28. The molecule has 0 aliphatic heterocycles. The van der Waals surface area contributed by atoms with E-state index in [1.807, 2.05) is 0 Å². The van der Waals surface area contributed by atoms with Crippen LogP contribution in [0.15, 0.2) is 18.7 Å². The number of carbonyl (C=O) groups excluding carboxylic acids is 4. The maximum Gasteiger partial charge on any atom is 0.329 e. The quantitative estimate of drug-likeness (QED) is 0.368. The highest BCUT2D eigenvalue weighted by molar-refractivity contribution is 5.87. The van der Waals surface area contributed by atoms with Crippen LogP contribution in [0.2, 0.25) is 0 Å². The molecule has 1 aromatic heterocycles. The van der Waals surface area contributed by atoms with Gasteiger partial charge in [0.2, 0.25) is 5.91 Å². The van der Waals surface area contributed by atoms with Crippen molar-refractivity contribution in [2.75, 3.05) is 7.11 Å². The highest BCUT2D eigenvalue weighted by atomic mass is 16.6. The van der Waals surface area contributed by atoms with Gasteiger partial charge in [-0.05, 0) is 33.6 Å². The average molecular weight is 453 g/mol. The first kappa shape index (κ1) is 27.1. The Morgan fingerprint density at radius 2 is 1.69 bits per heavy atom. The molecule has 2 amide bonds. The highest BCUT2D eigenvalue weighted by Crippen LogP contribution is 2.12. The van der Waals surface area contributed by atoms with Crippen LogP contribution in [0.3, 0.4) is 0 Å². The lowest BCUT2D eigenvalue weighted by Gasteiger charge is -2.24. The second kappa shape index (κ2) is 13.5. The van der Waals surface area contributed by atoms with Crippen molar-refractivity contribution < 1.29 is 28.7 Å². The molecule has 10 nitrogen and oxygen atoms in total. The number of carbonyl (C=O) groups is 4. The SMILES string of the molecule is CCCCCC[C@H](NC(=O)CC[C@H](NC(=O)n1ccnc1)C(=O)OC(C)(C)C)C(=O)OC. The molecule has 1 rings (SSSR count). The van der Waals surface area contributed by atoms with Gasteiger partial charge in [-0.15, -0.1) is 0 Å². The van der Waals surface area contributed by atoms with Gasteiger partial charge >= 0.3 is 18.0 Å². The van der Waals surface area contributed by atoms with Crippen LogP contribution in [0.5, 0.6) is 0 Å². The second-order valence-electron chi connectivity index (χ2n) is 8.54. The Labute approximate surface area is 189 Å². The molecular weight excluding hydrogens is 416 g/mol. The van der Waals surface area contributed by atoms with E-state index >= 15 is 0 Å². The number of methoxy groups -OCH3 is 1. The Kier molecular flexibility index (Phi) is 11.4. The Bertz CT molecular complexity index is 742. The van der Waals surface area contributed by atoms with E-state index in [-0.39, 0.29) is 12.8 Å². The first-order valence-electron chi connectivity index (χ1n) is 11.0. The van der Waals surface area contributed by atoms with E-state index in [1.54, 1.807) is 20.8 Å². The Morgan fingerprint density at radius 1 is 1.00 bits per heavy atom. The van der Waals surface area contributed by atoms with Gasteiger partial charge < -0.3 is 20.1 Å². The normalized spacial score (nSPS) is 13.0. The van der Waals surface area contributed by atoms with Crippen molar-refractivity contribution in [1.82, 2.24) is 20.2 Å². The third-order valence-electron chi connectivity index (χ3n) is 4.56. The number of unbranched alkanes of at least 4 members (excludes halogenated alkanes) is 3. The van der Waals surface area contributed by atoms with Gasteiger partial charge in [-0.25, -0.2) is 19.4 Å². The lowest BCUT2D eigenvalue weighted by Crippen LogP contribution is -2.47.